The van der Waals surface area contributed by atoms with E-state index in [1.54, 1.807) is 12.1 Å². The van der Waals surface area contributed by atoms with Gasteiger partial charge in [-0.1, -0.05) is 26.3 Å². The van der Waals surface area contributed by atoms with Gasteiger partial charge in [0.25, 0.3) is 0 Å². The number of allylic oxidation sites excluding steroid dienone is 1. The molecule has 34 heavy (non-hydrogen) atoms. The third kappa shape index (κ3) is 3.08. The molecule has 1 heterocycles. The number of nitrogens with zero attached hydrogens (tertiary/aromatic N) is 1. The molecule has 7 atom stereocenters. The Balaban J connectivity index is 1.28. The molecule has 1 aromatic carbocycles. The minimum absolute atomic E-state index is 0.225. The number of rotatable bonds is 3. The summed E-state index contributed by atoms with van der Waals surface area (Å²) in [5.74, 6) is 3.55. The lowest BCUT2D eigenvalue weighted by Crippen LogP contribution is -2.50. The van der Waals surface area contributed by atoms with Gasteiger partial charge in [0.05, 0.1) is 16.6 Å². The number of hydrogen-bond donors (Lipinski definition) is 2. The van der Waals surface area contributed by atoms with Crippen LogP contribution in [0.5, 0.6) is 0 Å². The van der Waals surface area contributed by atoms with Gasteiger partial charge >= 0.3 is 5.97 Å². The number of carboxylic acids is 1. The highest BCUT2D eigenvalue weighted by atomic mass is 16.4. The summed E-state index contributed by atoms with van der Waals surface area (Å²) in [4.78, 5) is 31.9. The first-order valence-corrected chi connectivity index (χ1v) is 13.2. The smallest absolute Gasteiger partial charge is 0.335 e. The van der Waals surface area contributed by atoms with E-state index in [0.29, 0.717) is 34.5 Å². The lowest BCUT2D eigenvalue weighted by molar-refractivity contribution is -0.117. The van der Waals surface area contributed by atoms with Gasteiger partial charge in [0, 0.05) is 12.3 Å². The lowest BCUT2D eigenvalue weighted by atomic mass is 9.46. The number of carbonyl (C=O) groups is 2. The first-order valence-electron chi connectivity index (χ1n) is 13.2. The van der Waals surface area contributed by atoms with E-state index < -0.39 is 5.97 Å². The van der Waals surface area contributed by atoms with Gasteiger partial charge in [-0.05, 0) is 104 Å². The Labute approximate surface area is 201 Å². The standard InChI is InChI=1S/C29H36N2O3/c1-16(26-30-24-9-4-17(27(33)34)14-25(24)31-26)21-7-8-22-20-6-5-18-15-19(32)10-12-28(18,2)23(20)11-13-29(21,22)3/h4,9,14-16,20-23H,5-8,10-13H2,1-3H3,(H,30,31)(H,33,34)/t16-,20-,21+,22-,23-,28-,29+/m0/s1. The fourth-order valence-electron chi connectivity index (χ4n) is 8.99. The summed E-state index contributed by atoms with van der Waals surface area (Å²) in [5.41, 5.74) is 3.94. The molecule has 1 aromatic heterocycles. The SMILES string of the molecule is C[C@H](c1nc2ccc(C(=O)O)cc2[nH]1)[C@H]1CC[C@H]2[C@@H]3CCC4=CC(=O)CC[C@]4(C)[C@H]3CC[C@]12C. The maximum Gasteiger partial charge on any atom is 0.335 e. The Bertz CT molecular complexity index is 1210. The zero-order valence-corrected chi connectivity index (χ0v) is 20.6. The van der Waals surface area contributed by atoms with E-state index in [2.05, 4.69) is 25.8 Å². The predicted octanol–water partition coefficient (Wildman–Crippen LogP) is 6.51. The van der Waals surface area contributed by atoms with Crippen LogP contribution in [0.25, 0.3) is 11.0 Å². The number of benzene rings is 1. The van der Waals surface area contributed by atoms with Crippen LogP contribution in [-0.4, -0.2) is 26.8 Å². The van der Waals surface area contributed by atoms with E-state index >= 15 is 0 Å². The van der Waals surface area contributed by atoms with E-state index in [9.17, 15) is 14.7 Å². The van der Waals surface area contributed by atoms with Crippen molar-refractivity contribution in [3.05, 3.63) is 41.2 Å². The highest BCUT2D eigenvalue weighted by Crippen LogP contribution is 2.68. The van der Waals surface area contributed by atoms with Crippen molar-refractivity contribution in [2.75, 3.05) is 0 Å². The van der Waals surface area contributed by atoms with Crippen LogP contribution in [0.4, 0.5) is 0 Å². The second kappa shape index (κ2) is 7.53. The Hall–Kier alpha value is -2.43. The number of nitrogens with one attached hydrogen (secondary N) is 1. The molecule has 5 nitrogen and oxygen atoms in total. The van der Waals surface area contributed by atoms with Crippen molar-refractivity contribution in [3.63, 3.8) is 0 Å². The average Bonchev–Trinajstić information content (AvgIpc) is 3.39. The summed E-state index contributed by atoms with van der Waals surface area (Å²) in [6.45, 7) is 7.32. The fourth-order valence-corrected chi connectivity index (χ4v) is 8.99. The second-order valence-corrected chi connectivity index (χ2v) is 12.1. The van der Waals surface area contributed by atoms with Crippen molar-refractivity contribution < 1.29 is 14.7 Å². The van der Waals surface area contributed by atoms with Crippen LogP contribution >= 0.6 is 0 Å². The number of aromatic nitrogens is 2. The zero-order valence-electron chi connectivity index (χ0n) is 20.6. The molecule has 0 bridgehead atoms. The molecule has 6 rings (SSSR count). The van der Waals surface area contributed by atoms with Gasteiger partial charge in [0.1, 0.15) is 5.82 Å². The molecule has 5 heteroatoms. The van der Waals surface area contributed by atoms with Crippen LogP contribution < -0.4 is 0 Å². The largest absolute Gasteiger partial charge is 0.478 e. The van der Waals surface area contributed by atoms with E-state index in [1.165, 1.54) is 37.7 Å². The normalized spacial score (nSPS) is 38.1. The third-order valence-electron chi connectivity index (χ3n) is 10.8. The summed E-state index contributed by atoms with van der Waals surface area (Å²) >= 11 is 0. The van der Waals surface area contributed by atoms with Crippen molar-refractivity contribution in [1.29, 1.82) is 0 Å². The summed E-state index contributed by atoms with van der Waals surface area (Å²) in [7, 11) is 0. The molecule has 4 aliphatic rings. The summed E-state index contributed by atoms with van der Waals surface area (Å²) in [6.07, 6.45) is 11.2. The topological polar surface area (TPSA) is 83.0 Å². The van der Waals surface area contributed by atoms with Crippen LogP contribution in [0.15, 0.2) is 29.8 Å². The minimum atomic E-state index is -0.907. The number of aromatic carboxylic acids is 1. The maximum atomic E-state index is 12.1. The number of hydrogen-bond acceptors (Lipinski definition) is 3. The van der Waals surface area contributed by atoms with E-state index in [-0.39, 0.29) is 5.41 Å². The van der Waals surface area contributed by atoms with Crippen LogP contribution in [-0.2, 0) is 4.79 Å². The Kier molecular flexibility index (Phi) is 4.89. The second-order valence-electron chi connectivity index (χ2n) is 12.1. The van der Waals surface area contributed by atoms with Crippen molar-refractivity contribution in [1.82, 2.24) is 9.97 Å². The van der Waals surface area contributed by atoms with Crippen molar-refractivity contribution >= 4 is 22.8 Å². The van der Waals surface area contributed by atoms with Crippen LogP contribution in [0, 0.1) is 34.5 Å². The lowest BCUT2D eigenvalue weighted by Gasteiger charge is -2.58. The number of H-pyrrole nitrogens is 1. The van der Waals surface area contributed by atoms with E-state index in [1.807, 2.05) is 12.1 Å². The Morgan fingerprint density at radius 2 is 1.94 bits per heavy atom. The van der Waals surface area contributed by atoms with Crippen molar-refractivity contribution in [3.8, 4) is 0 Å². The number of ketones is 1. The summed E-state index contributed by atoms with van der Waals surface area (Å²) in [6, 6.07) is 5.16. The summed E-state index contributed by atoms with van der Waals surface area (Å²) < 4.78 is 0. The molecular formula is C29H36N2O3. The molecule has 3 fully saturated rings. The van der Waals surface area contributed by atoms with Crippen LogP contribution in [0.3, 0.4) is 0 Å². The minimum Gasteiger partial charge on any atom is -0.478 e. The molecule has 0 aliphatic heterocycles. The number of aromatic amines is 1. The molecule has 4 aliphatic carbocycles. The van der Waals surface area contributed by atoms with Gasteiger partial charge < -0.3 is 10.1 Å². The molecule has 0 saturated heterocycles. The Morgan fingerprint density at radius 3 is 2.74 bits per heavy atom. The number of fused-ring (bicyclic) bond motifs is 6. The monoisotopic (exact) mass is 460 g/mol. The van der Waals surface area contributed by atoms with Gasteiger partial charge in [-0.15, -0.1) is 0 Å². The van der Waals surface area contributed by atoms with Crippen molar-refractivity contribution in [2.24, 2.45) is 34.5 Å². The number of imidazole rings is 1. The third-order valence-corrected chi connectivity index (χ3v) is 10.8. The number of carboxylic acid groups (broad SMARTS) is 1. The van der Waals surface area contributed by atoms with E-state index in [4.69, 9.17) is 4.98 Å². The maximum absolute atomic E-state index is 12.1. The van der Waals surface area contributed by atoms with Crippen LogP contribution in [0.1, 0.15) is 94.2 Å². The zero-order chi connectivity index (χ0) is 23.8. The highest BCUT2D eigenvalue weighted by molar-refractivity contribution is 5.92. The van der Waals surface area contributed by atoms with Gasteiger partial charge in [-0.2, -0.15) is 0 Å². The molecule has 3 saturated carbocycles. The van der Waals surface area contributed by atoms with E-state index in [0.717, 1.165) is 48.0 Å². The molecular weight excluding hydrogens is 424 g/mol. The van der Waals surface area contributed by atoms with Gasteiger partial charge in [0.15, 0.2) is 5.78 Å². The van der Waals surface area contributed by atoms with Gasteiger partial charge in [0.2, 0.25) is 0 Å². The first kappa shape index (κ1) is 22.1. The van der Waals surface area contributed by atoms with Crippen molar-refractivity contribution in [2.45, 2.75) is 78.1 Å². The molecule has 0 amide bonds. The average molecular weight is 461 g/mol. The molecule has 0 unspecified atom stereocenters. The molecule has 2 N–H and O–H groups in total. The number of carbonyl (C=O) groups excluding carboxylic acids is 1. The molecule has 0 spiro atoms. The Morgan fingerprint density at radius 1 is 1.12 bits per heavy atom. The van der Waals surface area contributed by atoms with Gasteiger partial charge in [-0.3, -0.25) is 4.79 Å². The highest BCUT2D eigenvalue weighted by Gasteiger charge is 2.59. The fraction of sp³-hybridized carbons (Fsp3) is 0.621. The molecule has 180 valence electrons. The first-order chi connectivity index (χ1) is 16.2. The molecule has 2 aromatic rings. The predicted molar refractivity (Wildman–Crippen MR) is 132 cm³/mol. The quantitative estimate of drug-likeness (QED) is 0.547. The van der Waals surface area contributed by atoms with Gasteiger partial charge in [-0.25, -0.2) is 9.78 Å². The van der Waals surface area contributed by atoms with Crippen LogP contribution in [0.2, 0.25) is 0 Å². The molecule has 0 radical (unpaired) electrons. The summed E-state index contributed by atoms with van der Waals surface area (Å²) in [5, 5.41) is 9.34.